The molecule has 0 bridgehead atoms. The minimum atomic E-state index is -0.584. The first-order chi connectivity index (χ1) is 6.56. The van der Waals surface area contributed by atoms with E-state index in [1.54, 1.807) is 0 Å². The second-order valence-electron chi connectivity index (χ2n) is 4.93. The molecule has 0 aliphatic heterocycles. The summed E-state index contributed by atoms with van der Waals surface area (Å²) in [5, 5.41) is 9.06. The van der Waals surface area contributed by atoms with Crippen LogP contribution in [0.2, 0.25) is 0 Å². The average Bonchev–Trinajstić information content (AvgIpc) is 2.16. The fraction of sp³-hybridized carbons (Fsp3) is 0.917. The van der Waals surface area contributed by atoms with Gasteiger partial charge in [0, 0.05) is 0 Å². The maximum Gasteiger partial charge on any atom is 0.306 e. The van der Waals surface area contributed by atoms with Gasteiger partial charge in [0.1, 0.15) is 0 Å². The molecule has 1 fully saturated rings. The molecule has 0 amide bonds. The van der Waals surface area contributed by atoms with Crippen LogP contribution in [0.4, 0.5) is 0 Å². The lowest BCUT2D eigenvalue weighted by Gasteiger charge is -2.35. The summed E-state index contributed by atoms with van der Waals surface area (Å²) in [6.07, 6.45) is 4.12. The quantitative estimate of drug-likeness (QED) is 0.756. The highest BCUT2D eigenvalue weighted by Gasteiger charge is 2.34. The zero-order valence-corrected chi connectivity index (χ0v) is 9.49. The van der Waals surface area contributed by atoms with Gasteiger partial charge in [-0.2, -0.15) is 0 Å². The topological polar surface area (TPSA) is 37.3 Å². The van der Waals surface area contributed by atoms with Gasteiger partial charge < -0.3 is 5.11 Å². The zero-order chi connectivity index (χ0) is 10.7. The molecule has 3 unspecified atom stereocenters. The summed E-state index contributed by atoms with van der Waals surface area (Å²) in [4.78, 5) is 11.0. The Morgan fingerprint density at radius 1 is 1.43 bits per heavy atom. The molecule has 1 aliphatic rings. The largest absolute Gasteiger partial charge is 0.481 e. The molecule has 1 saturated carbocycles. The van der Waals surface area contributed by atoms with Crippen LogP contribution in [0.1, 0.15) is 46.5 Å². The number of carboxylic acid groups (broad SMARTS) is 1. The molecule has 1 rings (SSSR count). The van der Waals surface area contributed by atoms with Gasteiger partial charge in [-0.15, -0.1) is 0 Å². The summed E-state index contributed by atoms with van der Waals surface area (Å²) in [5.41, 5.74) is 0. The molecule has 1 aliphatic carbocycles. The Balaban J connectivity index is 2.59. The highest BCUT2D eigenvalue weighted by atomic mass is 16.4. The summed E-state index contributed by atoms with van der Waals surface area (Å²) >= 11 is 0. The lowest BCUT2D eigenvalue weighted by Crippen LogP contribution is -2.31. The minimum absolute atomic E-state index is 0.0741. The van der Waals surface area contributed by atoms with Crippen LogP contribution in [0.3, 0.4) is 0 Å². The van der Waals surface area contributed by atoms with E-state index in [4.69, 9.17) is 5.11 Å². The summed E-state index contributed by atoms with van der Waals surface area (Å²) < 4.78 is 0. The van der Waals surface area contributed by atoms with Crippen LogP contribution >= 0.6 is 0 Å². The van der Waals surface area contributed by atoms with Crippen LogP contribution < -0.4 is 0 Å². The molecule has 0 heterocycles. The molecule has 1 N–H and O–H groups in total. The first-order valence-electron chi connectivity index (χ1n) is 5.79. The van der Waals surface area contributed by atoms with E-state index in [2.05, 4.69) is 20.8 Å². The lowest BCUT2D eigenvalue weighted by molar-refractivity contribution is -0.145. The van der Waals surface area contributed by atoms with Crippen molar-refractivity contribution in [1.29, 1.82) is 0 Å². The van der Waals surface area contributed by atoms with E-state index in [1.807, 2.05) is 0 Å². The number of carbonyl (C=O) groups is 1. The predicted molar refractivity (Wildman–Crippen MR) is 57.1 cm³/mol. The van der Waals surface area contributed by atoms with Crippen LogP contribution in [-0.4, -0.2) is 11.1 Å². The smallest absolute Gasteiger partial charge is 0.306 e. The van der Waals surface area contributed by atoms with Gasteiger partial charge in [0.15, 0.2) is 0 Å². The first-order valence-corrected chi connectivity index (χ1v) is 5.79. The normalized spacial score (nSPS) is 33.3. The Labute approximate surface area is 86.7 Å². The summed E-state index contributed by atoms with van der Waals surface area (Å²) in [7, 11) is 0. The molecule has 2 heteroatoms. The summed E-state index contributed by atoms with van der Waals surface area (Å²) in [6.45, 7) is 6.61. The lowest BCUT2D eigenvalue weighted by atomic mass is 9.70. The molecule has 0 spiro atoms. The molecule has 0 aromatic rings. The Morgan fingerprint density at radius 2 is 2.07 bits per heavy atom. The van der Waals surface area contributed by atoms with Gasteiger partial charge in [0.2, 0.25) is 0 Å². The Hall–Kier alpha value is -0.530. The van der Waals surface area contributed by atoms with Crippen molar-refractivity contribution < 1.29 is 9.90 Å². The number of hydrogen-bond acceptors (Lipinski definition) is 1. The van der Waals surface area contributed by atoms with Crippen LogP contribution in [0.15, 0.2) is 0 Å². The van der Waals surface area contributed by atoms with Crippen molar-refractivity contribution in [2.45, 2.75) is 46.5 Å². The first kappa shape index (κ1) is 11.5. The standard InChI is InChI=1S/C12H22O2/c1-4-9-7-10(8(2)3)5-6-11(9)12(13)14/h8-11H,4-7H2,1-3H3,(H,13,14). The monoisotopic (exact) mass is 198 g/mol. The minimum Gasteiger partial charge on any atom is -0.481 e. The Kier molecular flexibility index (Phi) is 3.97. The number of aliphatic carboxylic acids is 1. The molecule has 2 nitrogen and oxygen atoms in total. The second-order valence-corrected chi connectivity index (χ2v) is 4.93. The molecular weight excluding hydrogens is 176 g/mol. The third kappa shape index (κ3) is 2.49. The maximum atomic E-state index is 11.0. The van der Waals surface area contributed by atoms with Gasteiger partial charge in [-0.05, 0) is 37.0 Å². The van der Waals surface area contributed by atoms with Crippen molar-refractivity contribution in [2.24, 2.45) is 23.7 Å². The van der Waals surface area contributed by atoms with Gasteiger partial charge in [0.05, 0.1) is 5.92 Å². The van der Waals surface area contributed by atoms with Crippen LogP contribution in [0.5, 0.6) is 0 Å². The molecule has 14 heavy (non-hydrogen) atoms. The van der Waals surface area contributed by atoms with Crippen LogP contribution in [0.25, 0.3) is 0 Å². The molecule has 3 atom stereocenters. The van der Waals surface area contributed by atoms with Crippen molar-refractivity contribution >= 4 is 5.97 Å². The SMILES string of the molecule is CCC1CC(C(C)C)CCC1C(=O)O. The van der Waals surface area contributed by atoms with E-state index in [9.17, 15) is 4.79 Å². The van der Waals surface area contributed by atoms with Crippen molar-refractivity contribution in [2.75, 3.05) is 0 Å². The highest BCUT2D eigenvalue weighted by molar-refractivity contribution is 5.70. The van der Waals surface area contributed by atoms with Gasteiger partial charge >= 0.3 is 5.97 Å². The second kappa shape index (κ2) is 4.81. The van der Waals surface area contributed by atoms with E-state index in [0.717, 1.165) is 31.6 Å². The number of rotatable bonds is 3. The van der Waals surface area contributed by atoms with Crippen molar-refractivity contribution in [3.05, 3.63) is 0 Å². The molecule has 0 aromatic carbocycles. The predicted octanol–water partition coefficient (Wildman–Crippen LogP) is 3.17. The molecule has 0 aromatic heterocycles. The van der Waals surface area contributed by atoms with E-state index >= 15 is 0 Å². The van der Waals surface area contributed by atoms with E-state index in [-0.39, 0.29) is 5.92 Å². The van der Waals surface area contributed by atoms with E-state index < -0.39 is 5.97 Å². The van der Waals surface area contributed by atoms with Gasteiger partial charge in [-0.1, -0.05) is 27.2 Å². The van der Waals surface area contributed by atoms with E-state index in [1.165, 1.54) is 0 Å². The Morgan fingerprint density at radius 3 is 2.50 bits per heavy atom. The van der Waals surface area contributed by atoms with Crippen molar-refractivity contribution in [3.63, 3.8) is 0 Å². The number of carboxylic acids is 1. The van der Waals surface area contributed by atoms with Gasteiger partial charge in [-0.25, -0.2) is 0 Å². The molecule has 82 valence electrons. The number of hydrogen-bond donors (Lipinski definition) is 1. The van der Waals surface area contributed by atoms with E-state index in [0.29, 0.717) is 11.8 Å². The van der Waals surface area contributed by atoms with Crippen LogP contribution in [-0.2, 0) is 4.79 Å². The average molecular weight is 198 g/mol. The molecule has 0 radical (unpaired) electrons. The zero-order valence-electron chi connectivity index (χ0n) is 9.49. The fourth-order valence-corrected chi connectivity index (χ4v) is 2.68. The molecule has 0 saturated heterocycles. The van der Waals surface area contributed by atoms with Gasteiger partial charge in [0.25, 0.3) is 0 Å². The van der Waals surface area contributed by atoms with Crippen LogP contribution in [0, 0.1) is 23.7 Å². The molecular formula is C12H22O2. The Bertz CT molecular complexity index is 198. The maximum absolute atomic E-state index is 11.0. The third-order valence-electron chi connectivity index (χ3n) is 3.81. The summed E-state index contributed by atoms with van der Waals surface area (Å²) in [5.74, 6) is 1.21. The highest BCUT2D eigenvalue weighted by Crippen LogP contribution is 2.39. The summed E-state index contributed by atoms with van der Waals surface area (Å²) in [6, 6.07) is 0. The van der Waals surface area contributed by atoms with Crippen molar-refractivity contribution in [1.82, 2.24) is 0 Å². The van der Waals surface area contributed by atoms with Crippen molar-refractivity contribution in [3.8, 4) is 0 Å². The van der Waals surface area contributed by atoms with Gasteiger partial charge in [-0.3, -0.25) is 4.79 Å². The third-order valence-corrected chi connectivity index (χ3v) is 3.81. The fourth-order valence-electron chi connectivity index (χ4n) is 2.68.